The van der Waals surface area contributed by atoms with Crippen LogP contribution in [0.25, 0.3) is 5.69 Å². The zero-order chi connectivity index (χ0) is 21.2. The number of carbonyl (C=O) groups excluding carboxylic acids is 2. The van der Waals surface area contributed by atoms with E-state index >= 15 is 0 Å². The number of nitrogens with one attached hydrogen (secondary N) is 1. The van der Waals surface area contributed by atoms with Crippen molar-refractivity contribution < 1.29 is 9.59 Å². The predicted octanol–water partition coefficient (Wildman–Crippen LogP) is 1.96. The number of amides is 2. The van der Waals surface area contributed by atoms with Crippen LogP contribution in [0.1, 0.15) is 31.4 Å². The molecule has 4 heterocycles. The molecule has 1 aliphatic heterocycles. The first-order valence-electron chi connectivity index (χ1n) is 9.51. The second kappa shape index (κ2) is 8.03. The van der Waals surface area contributed by atoms with Crippen molar-refractivity contribution in [3.05, 3.63) is 76.8 Å². The molecule has 0 saturated heterocycles. The molecule has 0 saturated carbocycles. The first-order valence-corrected chi connectivity index (χ1v) is 10.3. The van der Waals surface area contributed by atoms with Gasteiger partial charge in [0.2, 0.25) is 0 Å². The number of rotatable bonds is 4. The van der Waals surface area contributed by atoms with Crippen molar-refractivity contribution in [2.24, 2.45) is 0 Å². The molecule has 0 unspecified atom stereocenters. The summed E-state index contributed by atoms with van der Waals surface area (Å²) in [7, 11) is 0. The number of hydrogen-bond acceptors (Lipinski definition) is 8. The number of pyridine rings is 1. The van der Waals surface area contributed by atoms with Gasteiger partial charge in [0.15, 0.2) is 5.13 Å². The van der Waals surface area contributed by atoms with Gasteiger partial charge in [-0.25, -0.2) is 9.67 Å². The third-order valence-electron chi connectivity index (χ3n) is 4.84. The second-order valence-corrected chi connectivity index (χ2v) is 7.92. The van der Waals surface area contributed by atoms with Crippen molar-refractivity contribution in [1.82, 2.24) is 35.1 Å². The third kappa shape index (κ3) is 3.90. The van der Waals surface area contributed by atoms with E-state index in [9.17, 15) is 9.59 Å². The molecule has 4 aromatic rings. The molecule has 2 amide bonds. The van der Waals surface area contributed by atoms with Gasteiger partial charge in [0, 0.05) is 29.6 Å². The molecule has 154 valence electrons. The van der Waals surface area contributed by atoms with Crippen molar-refractivity contribution in [2.75, 3.05) is 11.9 Å². The quantitative estimate of drug-likeness (QED) is 0.524. The normalized spacial score (nSPS) is 13.0. The van der Waals surface area contributed by atoms with Gasteiger partial charge in [-0.2, -0.15) is 0 Å². The second-order valence-electron chi connectivity index (χ2n) is 6.84. The van der Waals surface area contributed by atoms with Gasteiger partial charge < -0.3 is 4.90 Å². The highest BCUT2D eigenvalue weighted by Crippen LogP contribution is 2.29. The van der Waals surface area contributed by atoms with E-state index in [0.29, 0.717) is 41.6 Å². The molecular formula is C20H16N8O2S. The van der Waals surface area contributed by atoms with E-state index in [1.165, 1.54) is 22.3 Å². The molecule has 10 nitrogen and oxygen atoms in total. The number of thiazole rings is 1. The summed E-state index contributed by atoms with van der Waals surface area (Å²) in [6, 6.07) is 12.3. The van der Waals surface area contributed by atoms with E-state index in [1.807, 2.05) is 6.07 Å². The molecule has 1 aromatic carbocycles. The van der Waals surface area contributed by atoms with Crippen LogP contribution in [-0.2, 0) is 13.0 Å². The summed E-state index contributed by atoms with van der Waals surface area (Å²) in [5, 5.41) is 14.4. The van der Waals surface area contributed by atoms with E-state index in [2.05, 4.69) is 30.8 Å². The Bertz CT molecular complexity index is 1240. The highest BCUT2D eigenvalue weighted by molar-refractivity contribution is 7.15. The van der Waals surface area contributed by atoms with Gasteiger partial charge in [-0.3, -0.25) is 19.9 Å². The fourth-order valence-corrected chi connectivity index (χ4v) is 4.34. The molecule has 1 N–H and O–H groups in total. The molecule has 0 atom stereocenters. The van der Waals surface area contributed by atoms with Gasteiger partial charge in [-0.05, 0) is 40.8 Å². The smallest absolute Gasteiger partial charge is 0.276 e. The van der Waals surface area contributed by atoms with Crippen molar-refractivity contribution in [2.45, 2.75) is 13.0 Å². The molecule has 31 heavy (non-hydrogen) atoms. The first kappa shape index (κ1) is 19.0. The molecule has 0 radical (unpaired) electrons. The molecule has 0 spiro atoms. The monoisotopic (exact) mass is 432 g/mol. The first-order chi connectivity index (χ1) is 15.2. The summed E-state index contributed by atoms with van der Waals surface area (Å²) >= 11 is 1.38. The zero-order valence-electron chi connectivity index (χ0n) is 16.2. The standard InChI is InChI=1S/C20H16N8O2S/c29-18(16-6-1-2-8-21-16)24-20-23-15-7-9-27(11-17(15)31-20)19(30)13-4-3-5-14(10-13)28-12-22-25-26-28/h1-6,8,10,12H,7,9,11H2,(H,23,24,29). The maximum atomic E-state index is 13.1. The van der Waals surface area contributed by atoms with Gasteiger partial charge in [-0.15, -0.1) is 5.10 Å². The summed E-state index contributed by atoms with van der Waals surface area (Å²) in [6.07, 6.45) is 3.68. The summed E-state index contributed by atoms with van der Waals surface area (Å²) in [6.45, 7) is 0.999. The average molecular weight is 432 g/mol. The van der Waals surface area contributed by atoms with Gasteiger partial charge in [0.1, 0.15) is 12.0 Å². The molecule has 1 aliphatic rings. The number of hydrogen-bond donors (Lipinski definition) is 1. The summed E-state index contributed by atoms with van der Waals surface area (Å²) < 4.78 is 1.50. The van der Waals surface area contributed by atoms with E-state index in [1.54, 1.807) is 47.5 Å². The Morgan fingerprint density at radius 3 is 2.87 bits per heavy atom. The minimum atomic E-state index is -0.306. The van der Waals surface area contributed by atoms with Crippen molar-refractivity contribution in [3.8, 4) is 5.69 Å². The van der Waals surface area contributed by atoms with Crippen LogP contribution in [0.15, 0.2) is 55.0 Å². The number of tetrazole rings is 1. The Hall–Kier alpha value is -3.99. The van der Waals surface area contributed by atoms with Crippen LogP contribution in [0.2, 0.25) is 0 Å². The Kier molecular flexibility index (Phi) is 4.92. The third-order valence-corrected chi connectivity index (χ3v) is 5.84. The highest BCUT2D eigenvalue weighted by Gasteiger charge is 2.25. The SMILES string of the molecule is O=C(Nc1nc2c(s1)CN(C(=O)c1cccc(-n3cnnn3)c1)CC2)c1ccccn1. The Morgan fingerprint density at radius 2 is 2.06 bits per heavy atom. The Morgan fingerprint density at radius 1 is 1.13 bits per heavy atom. The van der Waals surface area contributed by atoms with Crippen molar-refractivity contribution >= 4 is 28.3 Å². The average Bonchev–Trinajstić information content (AvgIpc) is 3.48. The van der Waals surface area contributed by atoms with Crippen LogP contribution in [0.5, 0.6) is 0 Å². The molecular weight excluding hydrogens is 416 g/mol. The van der Waals surface area contributed by atoms with Gasteiger partial charge in [0.05, 0.1) is 17.9 Å². The molecule has 11 heteroatoms. The molecule has 0 fully saturated rings. The number of carbonyl (C=O) groups is 2. The lowest BCUT2D eigenvalue weighted by Gasteiger charge is -2.26. The summed E-state index contributed by atoms with van der Waals surface area (Å²) in [5.74, 6) is -0.382. The molecule has 0 bridgehead atoms. The maximum absolute atomic E-state index is 13.1. The van der Waals surface area contributed by atoms with Crippen molar-refractivity contribution in [3.63, 3.8) is 0 Å². The Labute approximate surface area is 180 Å². The van der Waals surface area contributed by atoms with Gasteiger partial charge in [0.25, 0.3) is 11.8 Å². The summed E-state index contributed by atoms with van der Waals surface area (Å²) in [5.41, 5.74) is 2.51. The van der Waals surface area contributed by atoms with E-state index in [4.69, 9.17) is 0 Å². The minimum absolute atomic E-state index is 0.0759. The number of aromatic nitrogens is 6. The number of nitrogens with zero attached hydrogens (tertiary/aromatic N) is 7. The largest absolute Gasteiger partial charge is 0.333 e. The topological polar surface area (TPSA) is 119 Å². The van der Waals surface area contributed by atoms with Gasteiger partial charge >= 0.3 is 0 Å². The van der Waals surface area contributed by atoms with Crippen LogP contribution in [0, 0.1) is 0 Å². The zero-order valence-corrected chi connectivity index (χ0v) is 17.0. The lowest BCUT2D eigenvalue weighted by atomic mass is 10.1. The fourth-order valence-electron chi connectivity index (χ4n) is 3.32. The van der Waals surface area contributed by atoms with E-state index < -0.39 is 0 Å². The molecule has 3 aromatic heterocycles. The number of anilines is 1. The maximum Gasteiger partial charge on any atom is 0.276 e. The molecule has 5 rings (SSSR count). The highest BCUT2D eigenvalue weighted by atomic mass is 32.1. The van der Waals surface area contributed by atoms with Gasteiger partial charge in [-0.1, -0.05) is 23.5 Å². The predicted molar refractivity (Wildman–Crippen MR) is 112 cm³/mol. The van der Waals surface area contributed by atoms with Crippen LogP contribution >= 0.6 is 11.3 Å². The lowest BCUT2D eigenvalue weighted by Crippen LogP contribution is -2.35. The lowest BCUT2D eigenvalue weighted by molar-refractivity contribution is 0.0736. The minimum Gasteiger partial charge on any atom is -0.333 e. The van der Waals surface area contributed by atoms with Crippen LogP contribution in [0.3, 0.4) is 0 Å². The summed E-state index contributed by atoms with van der Waals surface area (Å²) in [4.78, 5) is 36.7. The van der Waals surface area contributed by atoms with Crippen LogP contribution in [-0.4, -0.2) is 53.4 Å². The Balaban J connectivity index is 1.30. The fraction of sp³-hybridized carbons (Fsp3) is 0.150. The number of benzene rings is 1. The van der Waals surface area contributed by atoms with E-state index in [0.717, 1.165) is 10.6 Å². The number of fused-ring (bicyclic) bond motifs is 1. The van der Waals surface area contributed by atoms with Crippen LogP contribution in [0.4, 0.5) is 5.13 Å². The van der Waals surface area contributed by atoms with Crippen molar-refractivity contribution in [1.29, 1.82) is 0 Å². The van der Waals surface area contributed by atoms with E-state index in [-0.39, 0.29) is 11.8 Å². The van der Waals surface area contributed by atoms with Crippen LogP contribution < -0.4 is 5.32 Å². The molecule has 0 aliphatic carbocycles.